The van der Waals surface area contributed by atoms with Gasteiger partial charge in [-0.25, -0.2) is 17.9 Å². The van der Waals surface area contributed by atoms with E-state index in [0.717, 1.165) is 24.2 Å². The van der Waals surface area contributed by atoms with Crippen molar-refractivity contribution >= 4 is 43.3 Å². The molecule has 5 nitrogen and oxygen atoms in total. The summed E-state index contributed by atoms with van der Waals surface area (Å²) in [4.78, 5) is 10.9. The molecule has 0 radical (unpaired) electrons. The summed E-state index contributed by atoms with van der Waals surface area (Å²) in [6.07, 6.45) is 1.76. The van der Waals surface area contributed by atoms with Crippen LogP contribution in [0.15, 0.2) is 14.7 Å². The lowest BCUT2D eigenvalue weighted by atomic mass is 9.96. The highest BCUT2D eigenvalue weighted by molar-refractivity contribution is 9.11. The van der Waals surface area contributed by atoms with Crippen molar-refractivity contribution < 1.29 is 18.3 Å². The van der Waals surface area contributed by atoms with Gasteiger partial charge in [0.15, 0.2) is 0 Å². The molecule has 1 rings (SSSR count). The van der Waals surface area contributed by atoms with Crippen LogP contribution < -0.4 is 4.72 Å². The maximum atomic E-state index is 12.3. The largest absolute Gasteiger partial charge is 0.477 e. The van der Waals surface area contributed by atoms with E-state index >= 15 is 0 Å². The van der Waals surface area contributed by atoms with Gasteiger partial charge in [-0.05, 0) is 34.8 Å². The van der Waals surface area contributed by atoms with E-state index in [1.807, 2.05) is 20.8 Å². The summed E-state index contributed by atoms with van der Waals surface area (Å²) in [5, 5.41) is 8.91. The fourth-order valence-electron chi connectivity index (χ4n) is 2.04. The predicted molar refractivity (Wildman–Crippen MR) is 82.8 cm³/mol. The number of aromatic carboxylic acids is 1. The Bertz CT molecular complexity index is 578. The van der Waals surface area contributed by atoms with E-state index in [0.29, 0.717) is 3.79 Å². The quantitative estimate of drug-likeness (QED) is 0.756. The molecule has 0 aliphatic heterocycles. The van der Waals surface area contributed by atoms with Gasteiger partial charge in [0.05, 0.1) is 3.79 Å². The smallest absolute Gasteiger partial charge is 0.345 e. The van der Waals surface area contributed by atoms with Crippen LogP contribution in [0.2, 0.25) is 0 Å². The molecule has 1 unspecified atom stereocenters. The molecule has 0 fully saturated rings. The van der Waals surface area contributed by atoms with Crippen molar-refractivity contribution in [1.82, 2.24) is 4.72 Å². The number of sulfonamides is 1. The zero-order valence-electron chi connectivity index (χ0n) is 11.5. The molecule has 114 valence electrons. The van der Waals surface area contributed by atoms with E-state index < -0.39 is 16.0 Å². The van der Waals surface area contributed by atoms with Crippen LogP contribution in [0.25, 0.3) is 0 Å². The third-order valence-corrected chi connectivity index (χ3v) is 7.05. The first-order chi connectivity index (χ1) is 9.22. The number of carboxylic acids is 1. The molecule has 0 amide bonds. The average Bonchev–Trinajstić information content (AvgIpc) is 2.73. The van der Waals surface area contributed by atoms with Crippen molar-refractivity contribution in [2.24, 2.45) is 5.92 Å². The van der Waals surface area contributed by atoms with Gasteiger partial charge in [0, 0.05) is 6.04 Å². The third kappa shape index (κ3) is 4.03. The first-order valence-corrected chi connectivity index (χ1v) is 9.37. The number of halogens is 1. The van der Waals surface area contributed by atoms with E-state index in [4.69, 9.17) is 5.11 Å². The lowest BCUT2D eigenvalue weighted by molar-refractivity contribution is 0.0702. The summed E-state index contributed by atoms with van der Waals surface area (Å²) < 4.78 is 27.5. The standard InChI is InChI=1S/C12H18BrNO4S2/c1-4-8(5-2)7(3)14-20(17,18)10-6-9(12(15)16)19-11(10)13/h6-8,14H,4-5H2,1-3H3,(H,15,16). The highest BCUT2D eigenvalue weighted by atomic mass is 79.9. The molecule has 1 heterocycles. The Kier molecular flexibility index (Phi) is 6.18. The lowest BCUT2D eigenvalue weighted by Crippen LogP contribution is -2.37. The van der Waals surface area contributed by atoms with E-state index in [9.17, 15) is 13.2 Å². The minimum atomic E-state index is -3.72. The lowest BCUT2D eigenvalue weighted by Gasteiger charge is -2.22. The number of carboxylic acid groups (broad SMARTS) is 1. The molecule has 20 heavy (non-hydrogen) atoms. The summed E-state index contributed by atoms with van der Waals surface area (Å²) in [5.41, 5.74) is 0. The number of thiophene rings is 1. The van der Waals surface area contributed by atoms with Gasteiger partial charge in [0.1, 0.15) is 9.77 Å². The summed E-state index contributed by atoms with van der Waals surface area (Å²) >= 11 is 4.01. The molecule has 0 spiro atoms. The minimum Gasteiger partial charge on any atom is -0.477 e. The highest BCUT2D eigenvalue weighted by Gasteiger charge is 2.26. The van der Waals surface area contributed by atoms with Crippen molar-refractivity contribution in [2.45, 2.75) is 44.6 Å². The third-order valence-electron chi connectivity index (χ3n) is 3.25. The highest BCUT2D eigenvalue weighted by Crippen LogP contribution is 2.32. The van der Waals surface area contributed by atoms with Crippen LogP contribution in [0.4, 0.5) is 0 Å². The molecule has 0 aliphatic carbocycles. The van der Waals surface area contributed by atoms with E-state index in [-0.39, 0.29) is 21.7 Å². The summed E-state index contributed by atoms with van der Waals surface area (Å²) in [7, 11) is -3.72. The normalized spacial score (nSPS) is 13.7. The fourth-order valence-corrected chi connectivity index (χ4v) is 5.76. The van der Waals surface area contributed by atoms with Crippen LogP contribution in [0.3, 0.4) is 0 Å². The topological polar surface area (TPSA) is 83.5 Å². The molecule has 1 atom stereocenters. The minimum absolute atomic E-state index is 0.00700. The Labute approximate surface area is 131 Å². The molecule has 1 aromatic rings. The van der Waals surface area contributed by atoms with Crippen LogP contribution in [0.1, 0.15) is 43.3 Å². The van der Waals surface area contributed by atoms with Gasteiger partial charge in [-0.15, -0.1) is 11.3 Å². The van der Waals surface area contributed by atoms with Crippen molar-refractivity contribution in [2.75, 3.05) is 0 Å². The van der Waals surface area contributed by atoms with Gasteiger partial charge >= 0.3 is 5.97 Å². The molecular weight excluding hydrogens is 366 g/mol. The Morgan fingerprint density at radius 1 is 1.45 bits per heavy atom. The molecular formula is C12H18BrNO4S2. The van der Waals surface area contributed by atoms with Crippen molar-refractivity contribution in [1.29, 1.82) is 0 Å². The molecule has 8 heteroatoms. The molecule has 0 aliphatic rings. The van der Waals surface area contributed by atoms with Gasteiger partial charge in [-0.2, -0.15) is 0 Å². The maximum absolute atomic E-state index is 12.3. The first kappa shape index (κ1) is 17.6. The number of carbonyl (C=O) groups is 1. The van der Waals surface area contributed by atoms with Gasteiger partial charge in [-0.3, -0.25) is 0 Å². The van der Waals surface area contributed by atoms with Gasteiger partial charge in [0.2, 0.25) is 10.0 Å². The number of rotatable bonds is 7. The second kappa shape index (κ2) is 7.02. The molecule has 0 bridgehead atoms. The van der Waals surface area contributed by atoms with Crippen molar-refractivity contribution in [3.05, 3.63) is 14.7 Å². The summed E-state index contributed by atoms with van der Waals surface area (Å²) in [6.45, 7) is 5.86. The molecule has 0 saturated heterocycles. The van der Waals surface area contributed by atoms with E-state index in [1.165, 1.54) is 6.07 Å². The number of hydrogen-bond donors (Lipinski definition) is 2. The van der Waals surface area contributed by atoms with E-state index in [1.54, 1.807) is 0 Å². The van der Waals surface area contributed by atoms with Crippen LogP contribution >= 0.6 is 27.3 Å². The van der Waals surface area contributed by atoms with Gasteiger partial charge < -0.3 is 5.11 Å². The number of nitrogens with one attached hydrogen (secondary N) is 1. The van der Waals surface area contributed by atoms with Crippen molar-refractivity contribution in [3.8, 4) is 0 Å². The molecule has 0 aromatic carbocycles. The first-order valence-electron chi connectivity index (χ1n) is 6.27. The average molecular weight is 384 g/mol. The summed E-state index contributed by atoms with van der Waals surface area (Å²) in [5.74, 6) is -0.883. The zero-order chi connectivity index (χ0) is 15.5. The summed E-state index contributed by atoms with van der Waals surface area (Å²) in [6, 6.07) is 0.981. The maximum Gasteiger partial charge on any atom is 0.345 e. The monoisotopic (exact) mass is 383 g/mol. The Morgan fingerprint density at radius 2 is 2.00 bits per heavy atom. The second-order valence-corrected chi connectivity index (χ2v) is 8.59. The fraction of sp³-hybridized carbons (Fsp3) is 0.583. The Hall–Kier alpha value is -0.440. The van der Waals surface area contributed by atoms with Crippen molar-refractivity contribution in [3.63, 3.8) is 0 Å². The Balaban J connectivity index is 3.02. The zero-order valence-corrected chi connectivity index (χ0v) is 14.7. The predicted octanol–water partition coefficient (Wildman–Crippen LogP) is 3.31. The van der Waals surface area contributed by atoms with Crippen LogP contribution in [0, 0.1) is 5.92 Å². The van der Waals surface area contributed by atoms with Crippen LogP contribution in [0.5, 0.6) is 0 Å². The Morgan fingerprint density at radius 3 is 2.40 bits per heavy atom. The van der Waals surface area contributed by atoms with Crippen LogP contribution in [-0.2, 0) is 10.0 Å². The van der Waals surface area contributed by atoms with E-state index in [2.05, 4.69) is 20.7 Å². The second-order valence-electron chi connectivity index (χ2n) is 4.54. The molecule has 2 N–H and O–H groups in total. The molecule has 1 aromatic heterocycles. The van der Waals surface area contributed by atoms with Crippen LogP contribution in [-0.4, -0.2) is 25.5 Å². The number of hydrogen-bond acceptors (Lipinski definition) is 4. The van der Waals surface area contributed by atoms with Gasteiger partial charge in [0.25, 0.3) is 0 Å². The van der Waals surface area contributed by atoms with Gasteiger partial charge in [-0.1, -0.05) is 26.7 Å². The molecule has 0 saturated carbocycles. The SMILES string of the molecule is CCC(CC)C(C)NS(=O)(=O)c1cc(C(=O)O)sc1Br.